The van der Waals surface area contributed by atoms with Crippen LogP contribution in [-0.4, -0.2) is 28.5 Å². The summed E-state index contributed by atoms with van der Waals surface area (Å²) in [5.74, 6) is 0.160. The third-order valence-corrected chi connectivity index (χ3v) is 3.88. The van der Waals surface area contributed by atoms with Gasteiger partial charge in [0.05, 0.1) is 0 Å². The minimum Gasteiger partial charge on any atom is -0.314 e. The first-order valence-electron chi connectivity index (χ1n) is 6.36. The van der Waals surface area contributed by atoms with E-state index in [2.05, 4.69) is 20.6 Å². The van der Waals surface area contributed by atoms with Gasteiger partial charge in [-0.1, -0.05) is 29.6 Å². The fraction of sp³-hybridized carbons (Fsp3) is 0.583. The monoisotopic (exact) mass is 302 g/mol. The van der Waals surface area contributed by atoms with Crippen molar-refractivity contribution < 1.29 is 4.79 Å². The zero-order valence-corrected chi connectivity index (χ0v) is 12.0. The van der Waals surface area contributed by atoms with E-state index in [-0.39, 0.29) is 21.9 Å². The average Bonchev–Trinajstić information content (AvgIpc) is 2.43. The van der Waals surface area contributed by atoms with Crippen LogP contribution in [0.15, 0.2) is 6.33 Å². The van der Waals surface area contributed by atoms with Gasteiger partial charge in [0.1, 0.15) is 11.3 Å². The van der Waals surface area contributed by atoms with Gasteiger partial charge in [0.2, 0.25) is 5.91 Å². The lowest BCUT2D eigenvalue weighted by atomic mass is 10.0. The smallest absolute Gasteiger partial charge is 0.225 e. The minimum atomic E-state index is -0.107. The van der Waals surface area contributed by atoms with Crippen molar-refractivity contribution in [1.82, 2.24) is 15.3 Å². The van der Waals surface area contributed by atoms with E-state index in [1.807, 2.05) is 0 Å². The van der Waals surface area contributed by atoms with Crippen LogP contribution >= 0.6 is 23.2 Å². The van der Waals surface area contributed by atoms with E-state index in [9.17, 15) is 4.79 Å². The van der Waals surface area contributed by atoms with E-state index in [1.165, 1.54) is 19.2 Å². The number of hydrogen-bond donors (Lipinski definition) is 2. The van der Waals surface area contributed by atoms with Crippen molar-refractivity contribution >= 4 is 34.9 Å². The molecule has 0 spiro atoms. The molecule has 1 fully saturated rings. The highest BCUT2D eigenvalue weighted by Crippen LogP contribution is 2.25. The molecule has 2 heterocycles. The molecule has 1 unspecified atom stereocenters. The number of carbonyl (C=O) groups excluding carboxylic acids is 1. The average molecular weight is 303 g/mol. The lowest BCUT2D eigenvalue weighted by Crippen LogP contribution is -2.34. The molecule has 1 aliphatic heterocycles. The van der Waals surface area contributed by atoms with Crippen molar-refractivity contribution in [3.8, 4) is 0 Å². The Kier molecular flexibility index (Phi) is 5.36. The Morgan fingerprint density at radius 1 is 1.42 bits per heavy atom. The highest BCUT2D eigenvalue weighted by Gasteiger charge is 2.15. The van der Waals surface area contributed by atoms with Crippen LogP contribution in [0.3, 0.4) is 0 Å². The summed E-state index contributed by atoms with van der Waals surface area (Å²) < 4.78 is 0. The maximum Gasteiger partial charge on any atom is 0.225 e. The molecule has 1 aliphatic rings. The van der Waals surface area contributed by atoms with Crippen LogP contribution in [0.1, 0.15) is 32.1 Å². The van der Waals surface area contributed by atoms with Crippen LogP contribution in [0, 0.1) is 0 Å². The predicted octanol–water partition coefficient (Wildman–Crippen LogP) is 2.64. The SMILES string of the molecule is O=C(CCC1CCCCN1)Nc1ncnc(Cl)c1Cl. The van der Waals surface area contributed by atoms with Gasteiger partial charge in [-0.2, -0.15) is 0 Å². The van der Waals surface area contributed by atoms with E-state index >= 15 is 0 Å². The molecule has 1 atom stereocenters. The molecule has 7 heteroatoms. The summed E-state index contributed by atoms with van der Waals surface area (Å²) >= 11 is 11.7. The number of rotatable bonds is 4. The number of anilines is 1. The predicted molar refractivity (Wildman–Crippen MR) is 75.6 cm³/mol. The van der Waals surface area contributed by atoms with Crippen molar-refractivity contribution in [1.29, 1.82) is 0 Å². The third-order valence-electron chi connectivity index (χ3n) is 3.14. The molecule has 1 amide bonds. The number of carbonyl (C=O) groups is 1. The first-order valence-corrected chi connectivity index (χ1v) is 7.11. The number of hydrogen-bond acceptors (Lipinski definition) is 4. The van der Waals surface area contributed by atoms with Crippen LogP contribution < -0.4 is 10.6 Å². The summed E-state index contributed by atoms with van der Waals surface area (Å²) in [5.41, 5.74) is 0. The van der Waals surface area contributed by atoms with Crippen LogP contribution in [0.2, 0.25) is 10.2 Å². The first kappa shape index (κ1) is 14.5. The minimum absolute atomic E-state index is 0.107. The molecule has 1 aromatic rings. The largest absolute Gasteiger partial charge is 0.314 e. The van der Waals surface area contributed by atoms with Crippen molar-refractivity contribution in [2.75, 3.05) is 11.9 Å². The molecule has 19 heavy (non-hydrogen) atoms. The molecular weight excluding hydrogens is 287 g/mol. The summed E-state index contributed by atoms with van der Waals surface area (Å²) in [6.07, 6.45) is 6.11. The number of nitrogens with one attached hydrogen (secondary N) is 2. The third kappa shape index (κ3) is 4.30. The van der Waals surface area contributed by atoms with Crippen molar-refractivity contribution in [3.05, 3.63) is 16.5 Å². The summed E-state index contributed by atoms with van der Waals surface area (Å²) in [7, 11) is 0. The summed E-state index contributed by atoms with van der Waals surface area (Å²) in [6, 6.07) is 0.434. The summed E-state index contributed by atoms with van der Waals surface area (Å²) in [6.45, 7) is 1.04. The van der Waals surface area contributed by atoms with Crippen molar-refractivity contribution in [2.24, 2.45) is 0 Å². The molecular formula is C12H16Cl2N4O. The Labute approximate surface area is 122 Å². The van der Waals surface area contributed by atoms with E-state index in [1.54, 1.807) is 0 Å². The fourth-order valence-electron chi connectivity index (χ4n) is 2.11. The van der Waals surface area contributed by atoms with Gasteiger partial charge in [-0.05, 0) is 25.8 Å². The van der Waals surface area contributed by atoms with E-state index in [0.29, 0.717) is 12.5 Å². The van der Waals surface area contributed by atoms with Gasteiger partial charge in [0.25, 0.3) is 0 Å². The molecule has 2 N–H and O–H groups in total. The lowest BCUT2D eigenvalue weighted by molar-refractivity contribution is -0.116. The van der Waals surface area contributed by atoms with Gasteiger partial charge >= 0.3 is 0 Å². The van der Waals surface area contributed by atoms with E-state index < -0.39 is 0 Å². The molecule has 0 saturated carbocycles. The quantitative estimate of drug-likeness (QED) is 0.839. The van der Waals surface area contributed by atoms with Crippen molar-refractivity contribution in [2.45, 2.75) is 38.1 Å². The second-order valence-electron chi connectivity index (χ2n) is 4.56. The topological polar surface area (TPSA) is 66.9 Å². The zero-order chi connectivity index (χ0) is 13.7. The highest BCUT2D eigenvalue weighted by molar-refractivity contribution is 6.42. The standard InChI is InChI=1S/C12H16Cl2N4O/c13-10-11(14)16-7-17-12(10)18-9(19)5-4-8-3-1-2-6-15-8/h7-8,15H,1-6H2,(H,16,17,18,19). The number of aromatic nitrogens is 2. The van der Waals surface area contributed by atoms with Crippen LogP contribution in [0.5, 0.6) is 0 Å². The van der Waals surface area contributed by atoms with Crippen molar-refractivity contribution in [3.63, 3.8) is 0 Å². The van der Waals surface area contributed by atoms with Gasteiger partial charge in [-0.15, -0.1) is 0 Å². The normalized spacial score (nSPS) is 19.2. The van der Waals surface area contributed by atoms with E-state index in [0.717, 1.165) is 19.4 Å². The number of piperidine rings is 1. The Balaban J connectivity index is 1.82. The molecule has 0 aromatic carbocycles. The number of amides is 1. The lowest BCUT2D eigenvalue weighted by Gasteiger charge is -2.23. The maximum absolute atomic E-state index is 11.8. The van der Waals surface area contributed by atoms with Gasteiger partial charge in [-0.25, -0.2) is 9.97 Å². The molecule has 2 rings (SSSR count). The molecule has 104 valence electrons. The van der Waals surface area contributed by atoms with Crippen LogP contribution in [0.4, 0.5) is 5.82 Å². The Morgan fingerprint density at radius 2 is 2.26 bits per heavy atom. The van der Waals surface area contributed by atoms with Crippen LogP contribution in [0.25, 0.3) is 0 Å². The highest BCUT2D eigenvalue weighted by atomic mass is 35.5. The molecule has 0 aliphatic carbocycles. The zero-order valence-electron chi connectivity index (χ0n) is 10.5. The van der Waals surface area contributed by atoms with Gasteiger partial charge in [0.15, 0.2) is 11.0 Å². The number of nitrogens with zero attached hydrogens (tertiary/aromatic N) is 2. The molecule has 0 radical (unpaired) electrons. The van der Waals surface area contributed by atoms with Crippen LogP contribution in [-0.2, 0) is 4.79 Å². The molecule has 0 bridgehead atoms. The van der Waals surface area contributed by atoms with Gasteiger partial charge in [0, 0.05) is 12.5 Å². The Morgan fingerprint density at radius 3 is 3.00 bits per heavy atom. The second-order valence-corrected chi connectivity index (χ2v) is 5.30. The second kappa shape index (κ2) is 7.03. The summed E-state index contributed by atoms with van der Waals surface area (Å²) in [5, 5.41) is 6.38. The number of halogens is 2. The maximum atomic E-state index is 11.8. The fourth-order valence-corrected chi connectivity index (χ4v) is 2.38. The van der Waals surface area contributed by atoms with Gasteiger partial charge in [-0.3, -0.25) is 4.79 Å². The molecule has 1 saturated heterocycles. The van der Waals surface area contributed by atoms with Gasteiger partial charge < -0.3 is 10.6 Å². The Hall–Kier alpha value is -0.910. The van der Waals surface area contributed by atoms with E-state index in [4.69, 9.17) is 23.2 Å². The summed E-state index contributed by atoms with van der Waals surface area (Å²) in [4.78, 5) is 19.4. The first-order chi connectivity index (χ1) is 9.16. The molecule has 1 aromatic heterocycles. The Bertz CT molecular complexity index is 449. The molecule has 5 nitrogen and oxygen atoms in total.